The number of carbonyl (C=O) groups is 1. The van der Waals surface area contributed by atoms with Crippen LogP contribution in [0.3, 0.4) is 0 Å². The monoisotopic (exact) mass is 246 g/mol. The second-order valence-corrected chi connectivity index (χ2v) is 5.68. The SMILES string of the molecule is CC(C)[C@@H](CO)NC(=O)CC1CSCCN1. The van der Waals surface area contributed by atoms with Gasteiger partial charge in [0.2, 0.25) is 5.91 Å². The molecule has 1 aliphatic heterocycles. The molecule has 94 valence electrons. The predicted molar refractivity (Wildman–Crippen MR) is 67.6 cm³/mol. The maximum absolute atomic E-state index is 11.7. The molecule has 2 atom stereocenters. The summed E-state index contributed by atoms with van der Waals surface area (Å²) < 4.78 is 0. The highest BCUT2D eigenvalue weighted by Gasteiger charge is 2.19. The zero-order chi connectivity index (χ0) is 12.0. The van der Waals surface area contributed by atoms with Crippen LogP contribution in [0.5, 0.6) is 0 Å². The van der Waals surface area contributed by atoms with Crippen molar-refractivity contribution in [3.8, 4) is 0 Å². The van der Waals surface area contributed by atoms with Crippen LogP contribution in [-0.2, 0) is 4.79 Å². The van der Waals surface area contributed by atoms with E-state index in [4.69, 9.17) is 5.11 Å². The van der Waals surface area contributed by atoms with E-state index in [9.17, 15) is 4.79 Å². The van der Waals surface area contributed by atoms with Crippen LogP contribution in [0.25, 0.3) is 0 Å². The third-order valence-electron chi connectivity index (χ3n) is 2.78. The summed E-state index contributed by atoms with van der Waals surface area (Å²) >= 11 is 1.88. The second-order valence-electron chi connectivity index (χ2n) is 4.53. The summed E-state index contributed by atoms with van der Waals surface area (Å²) in [7, 11) is 0. The minimum Gasteiger partial charge on any atom is -0.394 e. The average Bonchev–Trinajstić information content (AvgIpc) is 2.27. The lowest BCUT2D eigenvalue weighted by Crippen LogP contribution is -2.46. The molecule has 1 fully saturated rings. The molecule has 0 spiro atoms. The lowest BCUT2D eigenvalue weighted by atomic mass is 10.0. The minimum atomic E-state index is -0.122. The average molecular weight is 246 g/mol. The summed E-state index contributed by atoms with van der Waals surface area (Å²) in [6.45, 7) is 4.98. The maximum atomic E-state index is 11.7. The van der Waals surface area contributed by atoms with Crippen molar-refractivity contribution in [1.82, 2.24) is 10.6 Å². The van der Waals surface area contributed by atoms with Gasteiger partial charge in [0.05, 0.1) is 12.6 Å². The Hall–Kier alpha value is -0.260. The summed E-state index contributed by atoms with van der Waals surface area (Å²) in [4.78, 5) is 11.7. The van der Waals surface area contributed by atoms with Crippen LogP contribution < -0.4 is 10.6 Å². The van der Waals surface area contributed by atoms with Gasteiger partial charge in [-0.15, -0.1) is 0 Å². The van der Waals surface area contributed by atoms with E-state index in [1.165, 1.54) is 0 Å². The first-order valence-corrected chi connectivity index (χ1v) is 7.00. The van der Waals surface area contributed by atoms with Crippen molar-refractivity contribution in [2.75, 3.05) is 24.7 Å². The molecule has 0 aromatic heterocycles. The van der Waals surface area contributed by atoms with Gasteiger partial charge in [-0.3, -0.25) is 4.79 Å². The number of aliphatic hydroxyl groups is 1. The molecule has 4 nitrogen and oxygen atoms in total. The van der Waals surface area contributed by atoms with Gasteiger partial charge in [0.15, 0.2) is 0 Å². The molecule has 0 bridgehead atoms. The van der Waals surface area contributed by atoms with Gasteiger partial charge < -0.3 is 15.7 Å². The molecule has 1 amide bonds. The fourth-order valence-corrected chi connectivity index (χ4v) is 2.61. The van der Waals surface area contributed by atoms with E-state index in [0.717, 1.165) is 18.1 Å². The number of thioether (sulfide) groups is 1. The number of aliphatic hydroxyl groups excluding tert-OH is 1. The van der Waals surface area contributed by atoms with Gasteiger partial charge in [-0.25, -0.2) is 0 Å². The molecule has 0 aliphatic carbocycles. The molecule has 0 saturated carbocycles. The lowest BCUT2D eigenvalue weighted by molar-refractivity contribution is -0.122. The Balaban J connectivity index is 2.28. The zero-order valence-electron chi connectivity index (χ0n) is 10.0. The molecule has 3 N–H and O–H groups in total. The van der Waals surface area contributed by atoms with Crippen molar-refractivity contribution in [1.29, 1.82) is 0 Å². The molecule has 1 rings (SSSR count). The van der Waals surface area contributed by atoms with Crippen LogP contribution in [0.15, 0.2) is 0 Å². The molecule has 1 saturated heterocycles. The van der Waals surface area contributed by atoms with Gasteiger partial charge in [0, 0.05) is 30.5 Å². The van der Waals surface area contributed by atoms with Gasteiger partial charge in [-0.05, 0) is 5.92 Å². The summed E-state index contributed by atoms with van der Waals surface area (Å²) in [5.74, 6) is 2.43. The zero-order valence-corrected chi connectivity index (χ0v) is 10.8. The summed E-state index contributed by atoms with van der Waals surface area (Å²) in [6, 6.07) is 0.161. The van der Waals surface area contributed by atoms with Gasteiger partial charge in [0.25, 0.3) is 0 Å². The smallest absolute Gasteiger partial charge is 0.221 e. The number of carbonyl (C=O) groups excluding carboxylic acids is 1. The third kappa shape index (κ3) is 4.72. The Morgan fingerprint density at radius 2 is 2.38 bits per heavy atom. The van der Waals surface area contributed by atoms with Crippen molar-refractivity contribution in [3.63, 3.8) is 0 Å². The number of hydrogen-bond acceptors (Lipinski definition) is 4. The molecular weight excluding hydrogens is 224 g/mol. The van der Waals surface area contributed by atoms with E-state index in [1.807, 2.05) is 25.6 Å². The van der Waals surface area contributed by atoms with Crippen LogP contribution >= 0.6 is 11.8 Å². The molecule has 1 heterocycles. The first kappa shape index (κ1) is 13.8. The topological polar surface area (TPSA) is 61.4 Å². The Bertz CT molecular complexity index is 218. The predicted octanol–water partition coefficient (Wildman–Crippen LogP) is 0.215. The highest BCUT2D eigenvalue weighted by Crippen LogP contribution is 2.10. The molecule has 0 aromatic rings. The second kappa shape index (κ2) is 7.14. The van der Waals surface area contributed by atoms with Crippen molar-refractivity contribution in [2.24, 2.45) is 5.92 Å². The summed E-state index contributed by atoms with van der Waals surface area (Å²) in [5, 5.41) is 15.3. The Morgan fingerprint density at radius 3 is 2.88 bits per heavy atom. The fraction of sp³-hybridized carbons (Fsp3) is 0.909. The van der Waals surface area contributed by atoms with Crippen molar-refractivity contribution in [3.05, 3.63) is 0 Å². The maximum Gasteiger partial charge on any atom is 0.221 e. The first-order chi connectivity index (χ1) is 7.63. The molecular formula is C11H22N2O2S. The fourth-order valence-electron chi connectivity index (χ4n) is 1.66. The minimum absolute atomic E-state index is 0.0102. The van der Waals surface area contributed by atoms with E-state index in [1.54, 1.807) is 0 Å². The summed E-state index contributed by atoms with van der Waals surface area (Å²) in [5.41, 5.74) is 0. The van der Waals surface area contributed by atoms with Crippen LogP contribution in [-0.4, -0.2) is 47.8 Å². The number of rotatable bonds is 5. The van der Waals surface area contributed by atoms with E-state index in [2.05, 4.69) is 10.6 Å². The quantitative estimate of drug-likeness (QED) is 0.649. The normalized spacial score (nSPS) is 23.1. The van der Waals surface area contributed by atoms with Gasteiger partial charge in [-0.1, -0.05) is 13.8 Å². The molecule has 1 aliphatic rings. The first-order valence-electron chi connectivity index (χ1n) is 5.84. The highest BCUT2D eigenvalue weighted by atomic mass is 32.2. The molecule has 0 radical (unpaired) electrons. The van der Waals surface area contributed by atoms with Crippen LogP contribution in [0, 0.1) is 5.92 Å². The Morgan fingerprint density at radius 1 is 1.62 bits per heavy atom. The molecule has 0 aromatic carbocycles. The Labute approximate surface area is 102 Å². The van der Waals surface area contributed by atoms with E-state index in [0.29, 0.717) is 6.42 Å². The van der Waals surface area contributed by atoms with E-state index >= 15 is 0 Å². The van der Waals surface area contributed by atoms with Crippen LogP contribution in [0.4, 0.5) is 0 Å². The third-order valence-corrected chi connectivity index (χ3v) is 3.91. The van der Waals surface area contributed by atoms with Gasteiger partial charge in [-0.2, -0.15) is 11.8 Å². The number of hydrogen-bond donors (Lipinski definition) is 3. The van der Waals surface area contributed by atoms with Crippen LogP contribution in [0.2, 0.25) is 0 Å². The van der Waals surface area contributed by atoms with Gasteiger partial charge in [0.1, 0.15) is 0 Å². The van der Waals surface area contributed by atoms with Crippen molar-refractivity contribution >= 4 is 17.7 Å². The van der Waals surface area contributed by atoms with Crippen molar-refractivity contribution in [2.45, 2.75) is 32.4 Å². The molecule has 16 heavy (non-hydrogen) atoms. The van der Waals surface area contributed by atoms with Crippen molar-refractivity contribution < 1.29 is 9.90 Å². The largest absolute Gasteiger partial charge is 0.394 e. The standard InChI is InChI=1S/C11H22N2O2S/c1-8(2)10(6-14)13-11(15)5-9-7-16-4-3-12-9/h8-10,12,14H,3-7H2,1-2H3,(H,13,15)/t9?,10-/m1/s1. The number of nitrogens with one attached hydrogen (secondary N) is 2. The van der Waals surface area contributed by atoms with Crippen LogP contribution in [0.1, 0.15) is 20.3 Å². The molecule has 1 unspecified atom stereocenters. The summed E-state index contributed by atoms with van der Waals surface area (Å²) in [6.07, 6.45) is 0.510. The van der Waals surface area contributed by atoms with E-state index < -0.39 is 0 Å². The van der Waals surface area contributed by atoms with Gasteiger partial charge >= 0.3 is 0 Å². The highest BCUT2D eigenvalue weighted by molar-refractivity contribution is 7.99. The number of amides is 1. The van der Waals surface area contributed by atoms with E-state index in [-0.39, 0.29) is 30.5 Å². The Kier molecular flexibility index (Phi) is 6.16. The molecule has 5 heteroatoms. The lowest BCUT2D eigenvalue weighted by Gasteiger charge is -2.25.